The number of likely N-dealkylation sites (tertiary alicyclic amines) is 1. The van der Waals surface area contributed by atoms with Gasteiger partial charge in [-0.3, -0.25) is 4.79 Å². The Morgan fingerprint density at radius 2 is 1.91 bits per heavy atom. The molecule has 0 spiro atoms. The summed E-state index contributed by atoms with van der Waals surface area (Å²) >= 11 is 12.5. The van der Waals surface area contributed by atoms with Crippen molar-refractivity contribution < 1.29 is 9.53 Å². The van der Waals surface area contributed by atoms with Gasteiger partial charge >= 0.3 is 0 Å². The molecule has 3 aromatic rings. The minimum Gasteiger partial charge on any atom is -0.489 e. The van der Waals surface area contributed by atoms with E-state index in [1.165, 1.54) is 0 Å². The summed E-state index contributed by atoms with van der Waals surface area (Å²) in [6.45, 7) is 3.08. The number of fused-ring (bicyclic) bond motifs is 1. The molecule has 3 heterocycles. The van der Waals surface area contributed by atoms with Crippen LogP contribution in [0.15, 0.2) is 65.8 Å². The van der Waals surface area contributed by atoms with E-state index in [9.17, 15) is 4.79 Å². The summed E-state index contributed by atoms with van der Waals surface area (Å²) in [5.41, 5.74) is 1.62. The van der Waals surface area contributed by atoms with Crippen LogP contribution in [-0.4, -0.2) is 45.5 Å². The second kappa shape index (κ2) is 8.60. The molecule has 5 rings (SSSR count). The highest BCUT2D eigenvalue weighted by atomic mass is 35.5. The molecule has 0 aliphatic carbocycles. The van der Waals surface area contributed by atoms with E-state index in [1.807, 2.05) is 60.4 Å². The molecule has 0 N–H and O–H groups in total. The Morgan fingerprint density at radius 3 is 2.69 bits per heavy atom. The molecule has 2 aromatic carbocycles. The number of amides is 1. The molecule has 0 radical (unpaired) electrons. The topological polar surface area (TPSA) is 59.7 Å². The molecule has 164 valence electrons. The average molecular weight is 469 g/mol. The first-order valence-corrected chi connectivity index (χ1v) is 11.3. The number of benzene rings is 2. The van der Waals surface area contributed by atoms with Crippen LogP contribution in [0.3, 0.4) is 0 Å². The minimum atomic E-state index is -0.491. The fourth-order valence-corrected chi connectivity index (χ4v) is 4.79. The SMILES string of the molecule is CC1=Nc2ccnn2C(c2ccc(Cl)c(Cl)c2)C1C(=O)N1CC[C@@H](Oc2ccccc2)C1. The highest BCUT2D eigenvalue weighted by Crippen LogP contribution is 2.39. The van der Waals surface area contributed by atoms with E-state index in [2.05, 4.69) is 10.1 Å². The highest BCUT2D eigenvalue weighted by Gasteiger charge is 2.42. The highest BCUT2D eigenvalue weighted by molar-refractivity contribution is 6.42. The van der Waals surface area contributed by atoms with Gasteiger partial charge in [-0.05, 0) is 36.8 Å². The molecule has 3 atom stereocenters. The molecule has 2 aliphatic rings. The van der Waals surface area contributed by atoms with Crippen LogP contribution in [0.2, 0.25) is 10.0 Å². The third-order valence-electron chi connectivity index (χ3n) is 6.02. The summed E-state index contributed by atoms with van der Waals surface area (Å²) in [5.74, 6) is 1.06. The van der Waals surface area contributed by atoms with E-state index in [4.69, 9.17) is 27.9 Å². The second-order valence-corrected chi connectivity index (χ2v) is 8.92. The zero-order valence-electron chi connectivity index (χ0n) is 17.5. The number of hydrogen-bond acceptors (Lipinski definition) is 4. The van der Waals surface area contributed by atoms with Crippen molar-refractivity contribution in [1.29, 1.82) is 0 Å². The molecule has 1 amide bonds. The van der Waals surface area contributed by atoms with E-state index in [0.29, 0.717) is 29.0 Å². The van der Waals surface area contributed by atoms with Gasteiger partial charge in [0.25, 0.3) is 0 Å². The van der Waals surface area contributed by atoms with Gasteiger partial charge in [0.2, 0.25) is 5.91 Å². The lowest BCUT2D eigenvalue weighted by Crippen LogP contribution is -2.44. The maximum atomic E-state index is 13.8. The standard InChI is InChI=1S/C24H22Cl2N4O2/c1-15-22(24(31)29-12-10-18(14-29)32-17-5-3-2-4-6-17)23(30-21(28-15)9-11-27-30)16-7-8-19(25)20(26)13-16/h2-9,11,13,18,22-23H,10,12,14H2,1H3/t18-,22?,23?/m1/s1. The summed E-state index contributed by atoms with van der Waals surface area (Å²) in [6, 6.07) is 16.7. The van der Waals surface area contributed by atoms with Crippen molar-refractivity contribution in [2.75, 3.05) is 13.1 Å². The van der Waals surface area contributed by atoms with Crippen molar-refractivity contribution in [3.05, 3.63) is 76.4 Å². The fourth-order valence-electron chi connectivity index (χ4n) is 4.49. The lowest BCUT2D eigenvalue weighted by molar-refractivity contribution is -0.133. The zero-order valence-corrected chi connectivity index (χ0v) is 19.0. The van der Waals surface area contributed by atoms with Gasteiger partial charge in [-0.1, -0.05) is 47.5 Å². The Bertz CT molecular complexity index is 1180. The Balaban J connectivity index is 1.43. The van der Waals surface area contributed by atoms with Crippen LogP contribution in [0.25, 0.3) is 0 Å². The number of para-hydroxylation sites is 1. The molecular formula is C24H22Cl2N4O2. The van der Waals surface area contributed by atoms with Gasteiger partial charge in [0, 0.05) is 24.7 Å². The Kier molecular flexibility index (Phi) is 5.66. The number of carbonyl (C=O) groups excluding carboxylic acids is 1. The first-order valence-electron chi connectivity index (χ1n) is 10.6. The second-order valence-electron chi connectivity index (χ2n) is 8.11. The molecule has 32 heavy (non-hydrogen) atoms. The molecule has 0 bridgehead atoms. The summed E-state index contributed by atoms with van der Waals surface area (Å²) in [7, 11) is 0. The lowest BCUT2D eigenvalue weighted by atomic mass is 9.87. The molecule has 1 saturated heterocycles. The van der Waals surface area contributed by atoms with E-state index >= 15 is 0 Å². The molecule has 6 nitrogen and oxygen atoms in total. The van der Waals surface area contributed by atoms with Crippen LogP contribution in [0.4, 0.5) is 5.82 Å². The van der Waals surface area contributed by atoms with Gasteiger partial charge in [0.05, 0.1) is 28.8 Å². The van der Waals surface area contributed by atoms with Crippen LogP contribution in [0.5, 0.6) is 5.75 Å². The van der Waals surface area contributed by atoms with Crippen LogP contribution in [0.1, 0.15) is 24.9 Å². The summed E-state index contributed by atoms with van der Waals surface area (Å²) in [5, 5.41) is 5.39. The van der Waals surface area contributed by atoms with Gasteiger partial charge in [0.1, 0.15) is 17.8 Å². The number of hydrogen-bond donors (Lipinski definition) is 0. The number of ether oxygens (including phenoxy) is 1. The predicted octanol–water partition coefficient (Wildman–Crippen LogP) is 5.18. The van der Waals surface area contributed by atoms with Gasteiger partial charge in [0.15, 0.2) is 5.82 Å². The van der Waals surface area contributed by atoms with E-state index in [0.717, 1.165) is 23.4 Å². The molecule has 2 unspecified atom stereocenters. The maximum Gasteiger partial charge on any atom is 0.234 e. The van der Waals surface area contributed by atoms with Gasteiger partial charge < -0.3 is 9.64 Å². The molecule has 8 heteroatoms. The van der Waals surface area contributed by atoms with Crippen molar-refractivity contribution in [2.45, 2.75) is 25.5 Å². The average Bonchev–Trinajstić information content (AvgIpc) is 3.44. The minimum absolute atomic E-state index is 0.0163. The Morgan fingerprint density at radius 1 is 1.09 bits per heavy atom. The summed E-state index contributed by atoms with van der Waals surface area (Å²) < 4.78 is 7.88. The van der Waals surface area contributed by atoms with Crippen LogP contribution in [0, 0.1) is 5.92 Å². The predicted molar refractivity (Wildman–Crippen MR) is 125 cm³/mol. The van der Waals surface area contributed by atoms with Crippen LogP contribution in [-0.2, 0) is 4.79 Å². The van der Waals surface area contributed by atoms with E-state index in [-0.39, 0.29) is 18.1 Å². The van der Waals surface area contributed by atoms with Crippen molar-refractivity contribution >= 4 is 40.6 Å². The van der Waals surface area contributed by atoms with Crippen molar-refractivity contribution in [3.63, 3.8) is 0 Å². The summed E-state index contributed by atoms with van der Waals surface area (Å²) in [6.07, 6.45) is 2.45. The van der Waals surface area contributed by atoms with Crippen molar-refractivity contribution in [2.24, 2.45) is 10.9 Å². The van der Waals surface area contributed by atoms with Gasteiger partial charge in [-0.25, -0.2) is 9.67 Å². The summed E-state index contributed by atoms with van der Waals surface area (Å²) in [4.78, 5) is 20.3. The normalized spacial score (nSPS) is 22.4. The molecule has 2 aliphatic heterocycles. The first kappa shape index (κ1) is 21.0. The monoisotopic (exact) mass is 468 g/mol. The van der Waals surface area contributed by atoms with Crippen LogP contribution >= 0.6 is 23.2 Å². The number of aromatic nitrogens is 2. The molecule has 1 fully saturated rings. The third-order valence-corrected chi connectivity index (χ3v) is 6.76. The molecule has 0 saturated carbocycles. The Labute approximate surface area is 196 Å². The number of aliphatic imine (C=N–C) groups is 1. The fraction of sp³-hybridized carbons (Fsp3) is 0.292. The maximum absolute atomic E-state index is 13.8. The molecule has 1 aromatic heterocycles. The van der Waals surface area contributed by atoms with Gasteiger partial charge in [-0.2, -0.15) is 5.10 Å². The quantitative estimate of drug-likeness (QED) is 0.529. The Hall–Kier alpha value is -2.83. The lowest BCUT2D eigenvalue weighted by Gasteiger charge is -2.33. The van der Waals surface area contributed by atoms with Crippen molar-refractivity contribution in [3.8, 4) is 5.75 Å². The van der Waals surface area contributed by atoms with E-state index in [1.54, 1.807) is 16.9 Å². The number of rotatable bonds is 4. The number of nitrogens with zero attached hydrogens (tertiary/aromatic N) is 4. The largest absolute Gasteiger partial charge is 0.489 e. The number of halogens is 2. The third kappa shape index (κ3) is 3.89. The zero-order chi connectivity index (χ0) is 22.2. The first-order chi connectivity index (χ1) is 15.5. The smallest absolute Gasteiger partial charge is 0.234 e. The van der Waals surface area contributed by atoms with E-state index < -0.39 is 5.92 Å². The number of carbonyl (C=O) groups is 1. The van der Waals surface area contributed by atoms with Gasteiger partial charge in [-0.15, -0.1) is 0 Å². The van der Waals surface area contributed by atoms with Crippen molar-refractivity contribution in [1.82, 2.24) is 14.7 Å². The van der Waals surface area contributed by atoms with Crippen LogP contribution < -0.4 is 4.74 Å². The molecular weight excluding hydrogens is 447 g/mol.